The minimum absolute atomic E-state index is 0.0420. The Morgan fingerprint density at radius 2 is 1.85 bits per heavy atom. The van der Waals surface area contributed by atoms with E-state index in [2.05, 4.69) is 21.0 Å². The molecule has 1 atom stereocenters. The summed E-state index contributed by atoms with van der Waals surface area (Å²) in [4.78, 5) is 23.5. The van der Waals surface area contributed by atoms with Crippen molar-refractivity contribution in [3.63, 3.8) is 0 Å². The third-order valence-electron chi connectivity index (χ3n) is 4.39. The van der Waals surface area contributed by atoms with Crippen LogP contribution in [0, 0.1) is 0 Å². The van der Waals surface area contributed by atoms with Gasteiger partial charge in [0.25, 0.3) is 0 Å². The van der Waals surface area contributed by atoms with Crippen LogP contribution in [0.3, 0.4) is 0 Å². The van der Waals surface area contributed by atoms with Gasteiger partial charge in [-0.3, -0.25) is 9.59 Å². The maximum atomic E-state index is 12.7. The number of carbonyl (C=O) groups excluding carboxylic acids is 1. The third kappa shape index (κ3) is 4.76. The van der Waals surface area contributed by atoms with E-state index >= 15 is 0 Å². The molecule has 1 amide bonds. The summed E-state index contributed by atoms with van der Waals surface area (Å²) >= 11 is 9.78. The highest BCUT2D eigenvalue weighted by molar-refractivity contribution is 9.10. The van der Waals surface area contributed by atoms with E-state index in [4.69, 9.17) is 16.7 Å². The summed E-state index contributed by atoms with van der Waals surface area (Å²) in [7, 11) is 0. The molecule has 140 valence electrons. The van der Waals surface area contributed by atoms with Gasteiger partial charge < -0.3 is 5.11 Å². The first-order valence-corrected chi connectivity index (χ1v) is 9.74. The van der Waals surface area contributed by atoms with E-state index in [1.54, 1.807) is 6.07 Å². The zero-order chi connectivity index (χ0) is 19.4. The first-order chi connectivity index (χ1) is 13.0. The molecule has 3 rings (SSSR count). The van der Waals surface area contributed by atoms with Gasteiger partial charge in [0, 0.05) is 28.8 Å². The topological polar surface area (TPSA) is 70.0 Å². The normalized spacial score (nSPS) is 16.3. The molecule has 2 aromatic carbocycles. The van der Waals surface area contributed by atoms with E-state index in [1.165, 1.54) is 5.01 Å². The summed E-state index contributed by atoms with van der Waals surface area (Å²) in [6.07, 6.45) is 0.920. The molecule has 27 heavy (non-hydrogen) atoms. The Balaban J connectivity index is 1.87. The molecule has 0 fully saturated rings. The second kappa shape index (κ2) is 8.67. The van der Waals surface area contributed by atoms with E-state index < -0.39 is 5.97 Å². The van der Waals surface area contributed by atoms with Crippen molar-refractivity contribution < 1.29 is 14.7 Å². The molecule has 5 nitrogen and oxygen atoms in total. The summed E-state index contributed by atoms with van der Waals surface area (Å²) in [6, 6.07) is 14.9. The van der Waals surface area contributed by atoms with Crippen LogP contribution in [0.25, 0.3) is 0 Å². The summed E-state index contributed by atoms with van der Waals surface area (Å²) in [5.74, 6) is -1.11. The quantitative estimate of drug-likeness (QED) is 0.672. The van der Waals surface area contributed by atoms with Gasteiger partial charge in [-0.15, -0.1) is 0 Å². The fourth-order valence-electron chi connectivity index (χ4n) is 3.05. The summed E-state index contributed by atoms with van der Waals surface area (Å²) in [6.45, 7) is 0. The number of rotatable bonds is 6. The number of aliphatic carboxylic acids is 1. The van der Waals surface area contributed by atoms with Crippen molar-refractivity contribution in [2.24, 2.45) is 5.10 Å². The SMILES string of the molecule is O=C(O)CCCC(=O)N1N=C(c2ccc(Br)cc2)C[C@@H]1c1ccccc1Cl. The molecule has 0 saturated carbocycles. The number of carboxylic acids is 1. The lowest BCUT2D eigenvalue weighted by atomic mass is 9.98. The van der Waals surface area contributed by atoms with Crippen LogP contribution in [0.15, 0.2) is 58.1 Å². The number of carboxylic acid groups (broad SMARTS) is 1. The van der Waals surface area contributed by atoms with Gasteiger partial charge in [-0.1, -0.05) is 57.9 Å². The van der Waals surface area contributed by atoms with E-state index in [0.29, 0.717) is 11.4 Å². The van der Waals surface area contributed by atoms with Crippen molar-refractivity contribution in [2.75, 3.05) is 0 Å². The van der Waals surface area contributed by atoms with Crippen LogP contribution in [-0.4, -0.2) is 27.7 Å². The van der Waals surface area contributed by atoms with Crippen LogP contribution in [0.4, 0.5) is 0 Å². The zero-order valence-corrected chi connectivity index (χ0v) is 16.8. The van der Waals surface area contributed by atoms with Crippen molar-refractivity contribution in [3.8, 4) is 0 Å². The molecule has 1 aliphatic rings. The zero-order valence-electron chi connectivity index (χ0n) is 14.4. The number of hydrogen-bond acceptors (Lipinski definition) is 3. The molecular weight excluding hydrogens is 432 g/mol. The Hall–Kier alpha value is -2.18. The van der Waals surface area contributed by atoms with Crippen LogP contribution in [0.1, 0.15) is 42.9 Å². The molecule has 1 N–H and O–H groups in total. The fourth-order valence-corrected chi connectivity index (χ4v) is 3.58. The lowest BCUT2D eigenvalue weighted by Crippen LogP contribution is -2.27. The molecule has 0 bridgehead atoms. The standard InChI is InChI=1S/C20H18BrClN2O3/c21-14-10-8-13(9-11-14)17-12-18(15-4-1-2-5-16(15)22)24(23-17)19(25)6-3-7-20(26)27/h1-2,4-5,8-11,18H,3,6-7,12H2,(H,26,27)/t18-/m1/s1. The number of hydrogen-bond donors (Lipinski definition) is 1. The second-order valence-electron chi connectivity index (χ2n) is 6.28. The van der Waals surface area contributed by atoms with Gasteiger partial charge in [0.15, 0.2) is 0 Å². The lowest BCUT2D eigenvalue weighted by Gasteiger charge is -2.22. The average Bonchev–Trinajstić information content (AvgIpc) is 3.07. The van der Waals surface area contributed by atoms with Crippen molar-refractivity contribution in [2.45, 2.75) is 31.7 Å². The molecule has 0 saturated heterocycles. The van der Waals surface area contributed by atoms with Crippen LogP contribution in [0.2, 0.25) is 5.02 Å². The number of hydrazone groups is 1. The smallest absolute Gasteiger partial charge is 0.303 e. The molecule has 7 heteroatoms. The van der Waals surface area contributed by atoms with Gasteiger partial charge in [0.1, 0.15) is 0 Å². The maximum Gasteiger partial charge on any atom is 0.303 e. The highest BCUT2D eigenvalue weighted by Crippen LogP contribution is 2.36. The van der Waals surface area contributed by atoms with Crippen molar-refractivity contribution in [1.29, 1.82) is 0 Å². The van der Waals surface area contributed by atoms with Gasteiger partial charge in [-0.2, -0.15) is 5.10 Å². The van der Waals surface area contributed by atoms with Crippen LogP contribution >= 0.6 is 27.5 Å². The summed E-state index contributed by atoms with van der Waals surface area (Å²) in [5, 5.41) is 15.4. The third-order valence-corrected chi connectivity index (χ3v) is 5.26. The molecule has 0 aliphatic carbocycles. The highest BCUT2D eigenvalue weighted by atomic mass is 79.9. The highest BCUT2D eigenvalue weighted by Gasteiger charge is 2.33. The molecule has 2 aromatic rings. The number of nitrogens with zero attached hydrogens (tertiary/aromatic N) is 2. The van der Waals surface area contributed by atoms with Gasteiger partial charge in [-0.25, -0.2) is 5.01 Å². The average molecular weight is 450 g/mol. The van der Waals surface area contributed by atoms with Crippen molar-refractivity contribution >= 4 is 45.1 Å². The van der Waals surface area contributed by atoms with E-state index in [0.717, 1.165) is 21.3 Å². The van der Waals surface area contributed by atoms with E-state index in [1.807, 2.05) is 42.5 Å². The van der Waals surface area contributed by atoms with E-state index in [-0.39, 0.29) is 31.2 Å². The van der Waals surface area contributed by atoms with Crippen LogP contribution in [-0.2, 0) is 9.59 Å². The van der Waals surface area contributed by atoms with Crippen LogP contribution < -0.4 is 0 Å². The van der Waals surface area contributed by atoms with Crippen molar-refractivity contribution in [3.05, 3.63) is 69.2 Å². The maximum absolute atomic E-state index is 12.7. The Kier molecular flexibility index (Phi) is 6.29. The largest absolute Gasteiger partial charge is 0.481 e. The van der Waals surface area contributed by atoms with Gasteiger partial charge in [0.2, 0.25) is 5.91 Å². The lowest BCUT2D eigenvalue weighted by molar-refractivity contribution is -0.137. The predicted molar refractivity (Wildman–Crippen MR) is 108 cm³/mol. The summed E-state index contributed by atoms with van der Waals surface area (Å²) in [5.41, 5.74) is 2.58. The van der Waals surface area contributed by atoms with Crippen LogP contribution in [0.5, 0.6) is 0 Å². The second-order valence-corrected chi connectivity index (χ2v) is 7.60. The van der Waals surface area contributed by atoms with E-state index in [9.17, 15) is 9.59 Å². The first-order valence-electron chi connectivity index (χ1n) is 8.57. The molecule has 0 radical (unpaired) electrons. The fraction of sp³-hybridized carbons (Fsp3) is 0.250. The Labute approximate surface area is 170 Å². The number of amides is 1. The minimum atomic E-state index is -0.911. The Morgan fingerprint density at radius 3 is 2.52 bits per heavy atom. The summed E-state index contributed by atoms with van der Waals surface area (Å²) < 4.78 is 0.967. The number of halogens is 2. The molecule has 1 heterocycles. The van der Waals surface area contributed by atoms with Crippen molar-refractivity contribution in [1.82, 2.24) is 5.01 Å². The monoisotopic (exact) mass is 448 g/mol. The molecule has 0 aromatic heterocycles. The first kappa shape index (κ1) is 19.6. The Morgan fingerprint density at radius 1 is 1.15 bits per heavy atom. The van der Waals surface area contributed by atoms with Gasteiger partial charge >= 0.3 is 5.97 Å². The molecule has 0 unspecified atom stereocenters. The molecular formula is C20H18BrClN2O3. The molecule has 1 aliphatic heterocycles. The van der Waals surface area contributed by atoms with Gasteiger partial charge in [0.05, 0.1) is 11.8 Å². The predicted octanol–water partition coefficient (Wildman–Crippen LogP) is 5.04. The number of benzene rings is 2. The molecule has 0 spiro atoms. The number of carbonyl (C=O) groups is 2. The minimum Gasteiger partial charge on any atom is -0.481 e. The Bertz CT molecular complexity index is 883. The van der Waals surface area contributed by atoms with Gasteiger partial charge in [-0.05, 0) is 35.7 Å².